The number of methoxy groups -OCH3 is 1. The summed E-state index contributed by atoms with van der Waals surface area (Å²) in [7, 11) is 1.50. The minimum Gasteiger partial charge on any atom is -0.467 e. The Kier molecular flexibility index (Phi) is 6.32. The van der Waals surface area contributed by atoms with Crippen molar-refractivity contribution in [2.24, 2.45) is 5.11 Å². The average Bonchev–Trinajstić information content (AvgIpc) is 2.38. The predicted molar refractivity (Wildman–Crippen MR) is 66.6 cm³/mol. The Hall–Kier alpha value is -2.04. The lowest BCUT2D eigenvalue weighted by Crippen LogP contribution is -1.99. The molecule has 0 saturated heterocycles. The Morgan fingerprint density at radius 1 is 1.50 bits per heavy atom. The van der Waals surface area contributed by atoms with Gasteiger partial charge in [0.2, 0.25) is 0 Å². The van der Waals surface area contributed by atoms with Crippen molar-refractivity contribution in [1.82, 2.24) is 0 Å². The molecule has 1 aromatic rings. The molecule has 1 aromatic carbocycles. The Labute approximate surface area is 104 Å². The van der Waals surface area contributed by atoms with Gasteiger partial charge in [-0.15, -0.1) is 0 Å². The SMILES string of the molecule is COCOc1ccc(C=CCCN=[N+]=[N-])c(F)c1. The predicted octanol–water partition coefficient (Wildman–Crippen LogP) is 3.52. The Balaban J connectivity index is 2.58. The summed E-state index contributed by atoms with van der Waals surface area (Å²) in [5.41, 5.74) is 8.54. The maximum atomic E-state index is 13.6. The van der Waals surface area contributed by atoms with Crippen molar-refractivity contribution in [3.8, 4) is 5.75 Å². The van der Waals surface area contributed by atoms with Gasteiger partial charge >= 0.3 is 0 Å². The number of hydrogen-bond donors (Lipinski definition) is 0. The molecule has 0 aliphatic rings. The third-order valence-corrected chi connectivity index (χ3v) is 2.07. The summed E-state index contributed by atoms with van der Waals surface area (Å²) in [6.45, 7) is 0.449. The van der Waals surface area contributed by atoms with E-state index < -0.39 is 0 Å². The molecular weight excluding hydrogens is 237 g/mol. The molecule has 6 heteroatoms. The molecule has 18 heavy (non-hydrogen) atoms. The molecule has 1 rings (SSSR count). The van der Waals surface area contributed by atoms with Gasteiger partial charge < -0.3 is 9.47 Å². The van der Waals surface area contributed by atoms with Crippen LogP contribution in [0.25, 0.3) is 16.5 Å². The third kappa shape index (κ3) is 4.86. The molecule has 0 spiro atoms. The highest BCUT2D eigenvalue weighted by molar-refractivity contribution is 5.51. The first-order valence-corrected chi connectivity index (χ1v) is 5.36. The van der Waals surface area contributed by atoms with Crippen molar-refractivity contribution < 1.29 is 13.9 Å². The summed E-state index contributed by atoms with van der Waals surface area (Å²) in [4.78, 5) is 2.63. The third-order valence-electron chi connectivity index (χ3n) is 2.07. The van der Waals surface area contributed by atoms with E-state index in [1.165, 1.54) is 13.2 Å². The summed E-state index contributed by atoms with van der Waals surface area (Å²) in [6, 6.07) is 4.58. The van der Waals surface area contributed by atoms with Crippen LogP contribution in [0.4, 0.5) is 4.39 Å². The fourth-order valence-electron chi connectivity index (χ4n) is 1.25. The lowest BCUT2D eigenvalue weighted by molar-refractivity contribution is 0.0509. The monoisotopic (exact) mass is 251 g/mol. The molecule has 0 aromatic heterocycles. The van der Waals surface area contributed by atoms with Crippen molar-refractivity contribution in [2.45, 2.75) is 6.42 Å². The minimum atomic E-state index is -0.372. The van der Waals surface area contributed by atoms with Gasteiger partial charge in [0, 0.05) is 30.2 Å². The smallest absolute Gasteiger partial charge is 0.188 e. The molecule has 0 N–H and O–H groups in total. The first-order chi connectivity index (χ1) is 8.77. The lowest BCUT2D eigenvalue weighted by atomic mass is 10.2. The highest BCUT2D eigenvalue weighted by atomic mass is 19.1. The van der Waals surface area contributed by atoms with E-state index in [1.54, 1.807) is 24.3 Å². The molecule has 0 fully saturated rings. The average molecular weight is 251 g/mol. The number of azide groups is 1. The second-order valence-electron chi connectivity index (χ2n) is 3.38. The summed E-state index contributed by atoms with van der Waals surface area (Å²) in [5, 5.41) is 3.37. The maximum Gasteiger partial charge on any atom is 0.188 e. The van der Waals surface area contributed by atoms with Gasteiger partial charge in [0.25, 0.3) is 0 Å². The van der Waals surface area contributed by atoms with E-state index in [1.807, 2.05) is 0 Å². The van der Waals surface area contributed by atoms with Gasteiger partial charge in [-0.05, 0) is 24.1 Å². The van der Waals surface area contributed by atoms with Gasteiger partial charge in [-0.2, -0.15) is 0 Å². The van der Waals surface area contributed by atoms with Gasteiger partial charge in [0.1, 0.15) is 11.6 Å². The molecule has 0 bridgehead atoms. The van der Waals surface area contributed by atoms with Gasteiger partial charge in [0.05, 0.1) is 0 Å². The van der Waals surface area contributed by atoms with Crippen LogP contribution in [0.1, 0.15) is 12.0 Å². The Morgan fingerprint density at radius 3 is 3.00 bits per heavy atom. The summed E-state index contributed by atoms with van der Waals surface area (Å²) >= 11 is 0. The molecule has 0 unspecified atom stereocenters. The molecule has 0 aliphatic heterocycles. The fourth-order valence-corrected chi connectivity index (χ4v) is 1.25. The zero-order valence-corrected chi connectivity index (χ0v) is 10.0. The van der Waals surface area contributed by atoms with Crippen LogP contribution in [-0.2, 0) is 4.74 Å². The highest BCUT2D eigenvalue weighted by Crippen LogP contribution is 2.18. The number of halogens is 1. The van der Waals surface area contributed by atoms with E-state index in [0.717, 1.165) is 0 Å². The molecule has 96 valence electrons. The second kappa shape index (κ2) is 8.11. The molecule has 0 saturated carbocycles. The first kappa shape index (κ1) is 14.0. The van der Waals surface area contributed by atoms with E-state index in [-0.39, 0.29) is 12.6 Å². The van der Waals surface area contributed by atoms with E-state index in [4.69, 9.17) is 15.0 Å². The van der Waals surface area contributed by atoms with E-state index in [9.17, 15) is 4.39 Å². The molecule has 0 amide bonds. The van der Waals surface area contributed by atoms with Crippen molar-refractivity contribution in [3.63, 3.8) is 0 Å². The van der Waals surface area contributed by atoms with Crippen LogP contribution < -0.4 is 4.74 Å². The second-order valence-corrected chi connectivity index (χ2v) is 3.38. The fraction of sp³-hybridized carbons (Fsp3) is 0.333. The molecule has 0 heterocycles. The summed E-state index contributed by atoms with van der Waals surface area (Å²) in [5.74, 6) is 0.0456. The Morgan fingerprint density at radius 2 is 2.33 bits per heavy atom. The zero-order valence-electron chi connectivity index (χ0n) is 10.0. The molecule has 0 aliphatic carbocycles. The minimum absolute atomic E-state index is 0.0841. The van der Waals surface area contributed by atoms with Gasteiger partial charge in [0.15, 0.2) is 6.79 Å². The van der Waals surface area contributed by atoms with Crippen LogP contribution in [-0.4, -0.2) is 20.4 Å². The van der Waals surface area contributed by atoms with Gasteiger partial charge in [-0.1, -0.05) is 17.3 Å². The van der Waals surface area contributed by atoms with Crippen LogP contribution >= 0.6 is 0 Å². The molecule has 0 radical (unpaired) electrons. The highest BCUT2D eigenvalue weighted by Gasteiger charge is 2.01. The quantitative estimate of drug-likeness (QED) is 0.244. The standard InChI is InChI=1S/C12H14FN3O2/c1-17-9-18-11-6-5-10(12(13)8-11)4-2-3-7-15-16-14/h2,4-6,8H,3,7,9H2,1H3. The molecular formula is C12H14FN3O2. The van der Waals surface area contributed by atoms with Crippen molar-refractivity contribution in [2.75, 3.05) is 20.4 Å². The van der Waals surface area contributed by atoms with E-state index in [0.29, 0.717) is 24.3 Å². The topological polar surface area (TPSA) is 67.2 Å². The van der Waals surface area contributed by atoms with Crippen LogP contribution in [0.3, 0.4) is 0 Å². The van der Waals surface area contributed by atoms with Gasteiger partial charge in [-0.3, -0.25) is 0 Å². The van der Waals surface area contributed by atoms with E-state index >= 15 is 0 Å². The first-order valence-electron chi connectivity index (χ1n) is 5.36. The number of nitrogens with zero attached hydrogens (tertiary/aromatic N) is 3. The van der Waals surface area contributed by atoms with Crippen molar-refractivity contribution >= 4 is 6.08 Å². The molecule has 0 atom stereocenters. The van der Waals surface area contributed by atoms with Gasteiger partial charge in [-0.25, -0.2) is 4.39 Å². The number of hydrogen-bond acceptors (Lipinski definition) is 3. The van der Waals surface area contributed by atoms with Crippen molar-refractivity contribution in [1.29, 1.82) is 0 Å². The van der Waals surface area contributed by atoms with Crippen LogP contribution in [0.2, 0.25) is 0 Å². The van der Waals surface area contributed by atoms with E-state index in [2.05, 4.69) is 10.0 Å². The van der Waals surface area contributed by atoms with Crippen LogP contribution in [0.15, 0.2) is 29.4 Å². The summed E-state index contributed by atoms with van der Waals surface area (Å²) < 4.78 is 23.4. The van der Waals surface area contributed by atoms with Crippen molar-refractivity contribution in [3.05, 3.63) is 46.1 Å². The Bertz CT molecular complexity index is 457. The number of ether oxygens (including phenoxy) is 2. The normalized spacial score (nSPS) is 10.3. The molecule has 5 nitrogen and oxygen atoms in total. The number of benzene rings is 1. The van der Waals surface area contributed by atoms with Crippen LogP contribution in [0, 0.1) is 5.82 Å². The van der Waals surface area contributed by atoms with Crippen LogP contribution in [0.5, 0.6) is 5.75 Å². The largest absolute Gasteiger partial charge is 0.467 e. The lowest BCUT2D eigenvalue weighted by Gasteiger charge is -2.05. The number of rotatable bonds is 7. The summed E-state index contributed by atoms with van der Waals surface area (Å²) in [6.07, 6.45) is 3.97. The zero-order chi connectivity index (χ0) is 13.2. The maximum absolute atomic E-state index is 13.6.